The second kappa shape index (κ2) is 4.31. The van der Waals surface area contributed by atoms with Gasteiger partial charge < -0.3 is 4.74 Å². The Morgan fingerprint density at radius 2 is 2.39 bits per heavy atom. The molecule has 18 heavy (non-hydrogen) atoms. The first-order valence-corrected chi connectivity index (χ1v) is 7.01. The van der Waals surface area contributed by atoms with E-state index in [0.29, 0.717) is 6.61 Å². The third kappa shape index (κ3) is 1.70. The molecule has 4 nitrogen and oxygen atoms in total. The Bertz CT molecular complexity index is 621. The van der Waals surface area contributed by atoms with Gasteiger partial charge in [-0.3, -0.25) is 9.36 Å². The molecule has 3 rings (SSSR count). The molecule has 5 heteroatoms. The normalized spacial score (nSPS) is 19.0. The lowest BCUT2D eigenvalue weighted by molar-refractivity contribution is 0.0847. The minimum absolute atomic E-state index is 0.0376. The molecule has 1 aromatic carbocycles. The van der Waals surface area contributed by atoms with Crippen molar-refractivity contribution in [1.29, 1.82) is 0 Å². The zero-order valence-electron chi connectivity index (χ0n) is 10.3. The highest BCUT2D eigenvalue weighted by molar-refractivity contribution is 7.99. The van der Waals surface area contributed by atoms with E-state index < -0.39 is 0 Å². The monoisotopic (exact) mass is 262 g/mol. The van der Waals surface area contributed by atoms with E-state index in [1.807, 2.05) is 32.0 Å². The zero-order chi connectivity index (χ0) is 12.7. The van der Waals surface area contributed by atoms with Crippen molar-refractivity contribution >= 4 is 28.7 Å². The van der Waals surface area contributed by atoms with E-state index in [1.54, 1.807) is 16.3 Å². The number of benzene rings is 1. The molecule has 94 valence electrons. The second-order valence-electron chi connectivity index (χ2n) is 4.36. The first-order chi connectivity index (χ1) is 8.70. The van der Waals surface area contributed by atoms with Crippen LogP contribution in [0, 0.1) is 5.92 Å². The number of carbonyl (C=O) groups is 1. The summed E-state index contributed by atoms with van der Waals surface area (Å²) in [5.74, 6) is 1.75. The fourth-order valence-corrected chi connectivity index (χ4v) is 3.11. The Morgan fingerprint density at radius 1 is 1.56 bits per heavy atom. The molecule has 1 aliphatic heterocycles. The predicted octanol–water partition coefficient (Wildman–Crippen LogP) is 2.82. The van der Waals surface area contributed by atoms with Crippen molar-refractivity contribution in [3.8, 4) is 5.75 Å². The third-order valence-electron chi connectivity index (χ3n) is 3.01. The van der Waals surface area contributed by atoms with Crippen LogP contribution in [0.25, 0.3) is 11.0 Å². The maximum Gasteiger partial charge on any atom is 0.236 e. The molecule has 1 unspecified atom stereocenters. The van der Waals surface area contributed by atoms with E-state index >= 15 is 0 Å². The second-order valence-corrected chi connectivity index (χ2v) is 5.35. The van der Waals surface area contributed by atoms with Crippen LogP contribution in [0.4, 0.5) is 0 Å². The number of hydrogen-bond donors (Lipinski definition) is 0. The SMILES string of the molecule is CCOc1ccc2nc3n(c2c1)C(=O)C(C)CS3. The molecule has 0 radical (unpaired) electrons. The highest BCUT2D eigenvalue weighted by atomic mass is 32.2. The van der Waals surface area contributed by atoms with Gasteiger partial charge in [-0.2, -0.15) is 0 Å². The maximum atomic E-state index is 12.2. The quantitative estimate of drug-likeness (QED) is 0.834. The number of fused-ring (bicyclic) bond motifs is 3. The van der Waals surface area contributed by atoms with Crippen LogP contribution in [-0.2, 0) is 0 Å². The maximum absolute atomic E-state index is 12.2. The highest BCUT2D eigenvalue weighted by Crippen LogP contribution is 2.32. The summed E-state index contributed by atoms with van der Waals surface area (Å²) >= 11 is 1.64. The van der Waals surface area contributed by atoms with Crippen LogP contribution in [0.15, 0.2) is 23.4 Å². The van der Waals surface area contributed by atoms with Crippen molar-refractivity contribution in [3.05, 3.63) is 18.2 Å². The van der Waals surface area contributed by atoms with Gasteiger partial charge >= 0.3 is 0 Å². The Kier molecular flexibility index (Phi) is 2.78. The summed E-state index contributed by atoms with van der Waals surface area (Å²) < 4.78 is 7.20. The van der Waals surface area contributed by atoms with Crippen molar-refractivity contribution in [2.75, 3.05) is 12.4 Å². The molecule has 0 fully saturated rings. The Balaban J connectivity index is 2.19. The van der Waals surface area contributed by atoms with Gasteiger partial charge in [-0.1, -0.05) is 18.7 Å². The number of carbonyl (C=O) groups excluding carboxylic acids is 1. The van der Waals surface area contributed by atoms with Crippen molar-refractivity contribution in [2.45, 2.75) is 19.0 Å². The first kappa shape index (κ1) is 11.6. The number of nitrogens with zero attached hydrogens (tertiary/aromatic N) is 2. The van der Waals surface area contributed by atoms with Crippen molar-refractivity contribution in [2.24, 2.45) is 5.92 Å². The zero-order valence-corrected chi connectivity index (χ0v) is 11.2. The molecule has 0 saturated carbocycles. The Hall–Kier alpha value is -1.49. The number of imidazole rings is 1. The van der Waals surface area contributed by atoms with Crippen LogP contribution < -0.4 is 4.74 Å². The van der Waals surface area contributed by atoms with Gasteiger partial charge in [-0.15, -0.1) is 0 Å². The number of ether oxygens (including phenoxy) is 1. The number of hydrogen-bond acceptors (Lipinski definition) is 4. The molecular weight excluding hydrogens is 248 g/mol. The lowest BCUT2D eigenvalue weighted by Gasteiger charge is -2.18. The average molecular weight is 262 g/mol. The number of rotatable bonds is 2. The standard InChI is InChI=1S/C13H14N2O2S/c1-3-17-9-4-5-10-11(6-9)15-12(16)8(2)7-18-13(15)14-10/h4-6,8H,3,7H2,1-2H3. The van der Waals surface area contributed by atoms with Crippen LogP contribution in [0.3, 0.4) is 0 Å². The van der Waals surface area contributed by atoms with Crippen LogP contribution in [0.2, 0.25) is 0 Å². The number of aromatic nitrogens is 2. The van der Waals surface area contributed by atoms with Crippen LogP contribution in [-0.4, -0.2) is 27.8 Å². The molecule has 0 bridgehead atoms. The largest absolute Gasteiger partial charge is 0.494 e. The summed E-state index contributed by atoms with van der Waals surface area (Å²) in [4.78, 5) is 16.7. The summed E-state index contributed by atoms with van der Waals surface area (Å²) in [6, 6.07) is 5.69. The molecule has 0 saturated heterocycles. The van der Waals surface area contributed by atoms with Gasteiger partial charge in [-0.05, 0) is 19.1 Å². The van der Waals surface area contributed by atoms with Crippen molar-refractivity contribution in [1.82, 2.24) is 9.55 Å². The highest BCUT2D eigenvalue weighted by Gasteiger charge is 2.27. The summed E-state index contributed by atoms with van der Waals surface area (Å²) in [5.41, 5.74) is 1.70. The van der Waals surface area contributed by atoms with Crippen LogP contribution >= 0.6 is 11.8 Å². The van der Waals surface area contributed by atoms with Gasteiger partial charge in [0.15, 0.2) is 5.16 Å². The minimum Gasteiger partial charge on any atom is -0.494 e. The van der Waals surface area contributed by atoms with E-state index in [0.717, 1.165) is 27.7 Å². The van der Waals surface area contributed by atoms with Crippen LogP contribution in [0.1, 0.15) is 18.6 Å². The first-order valence-electron chi connectivity index (χ1n) is 6.03. The molecule has 0 aliphatic carbocycles. The minimum atomic E-state index is 0.0376. The van der Waals surface area contributed by atoms with Crippen LogP contribution in [0.5, 0.6) is 5.75 Å². The van der Waals surface area contributed by atoms with E-state index in [4.69, 9.17) is 4.74 Å². The third-order valence-corrected chi connectivity index (χ3v) is 4.21. The lowest BCUT2D eigenvalue weighted by Crippen LogP contribution is -2.25. The summed E-state index contributed by atoms with van der Waals surface area (Å²) in [6.07, 6.45) is 0. The lowest BCUT2D eigenvalue weighted by atomic mass is 10.2. The Labute approximate surface area is 109 Å². The smallest absolute Gasteiger partial charge is 0.236 e. The molecule has 2 aromatic rings. The Morgan fingerprint density at radius 3 is 3.17 bits per heavy atom. The molecule has 0 amide bonds. The molecule has 1 atom stereocenters. The molecule has 1 aliphatic rings. The van der Waals surface area contributed by atoms with E-state index in [9.17, 15) is 4.79 Å². The molecule has 0 spiro atoms. The molecular formula is C13H14N2O2S. The van der Waals surface area contributed by atoms with Gasteiger partial charge in [0.05, 0.1) is 17.6 Å². The summed E-state index contributed by atoms with van der Waals surface area (Å²) in [5, 5.41) is 0.793. The van der Waals surface area contributed by atoms with Gasteiger partial charge in [0.2, 0.25) is 5.91 Å². The average Bonchev–Trinajstić information content (AvgIpc) is 2.73. The van der Waals surface area contributed by atoms with E-state index in [2.05, 4.69) is 4.98 Å². The van der Waals surface area contributed by atoms with Gasteiger partial charge in [0.25, 0.3) is 0 Å². The molecule has 1 aromatic heterocycles. The van der Waals surface area contributed by atoms with Gasteiger partial charge in [0.1, 0.15) is 5.75 Å². The molecule has 0 N–H and O–H groups in total. The van der Waals surface area contributed by atoms with Gasteiger partial charge in [-0.25, -0.2) is 4.98 Å². The topological polar surface area (TPSA) is 44.1 Å². The summed E-state index contributed by atoms with van der Waals surface area (Å²) in [7, 11) is 0. The van der Waals surface area contributed by atoms with Crippen molar-refractivity contribution in [3.63, 3.8) is 0 Å². The van der Waals surface area contributed by atoms with E-state index in [-0.39, 0.29) is 11.8 Å². The number of thioether (sulfide) groups is 1. The predicted molar refractivity (Wildman–Crippen MR) is 71.4 cm³/mol. The molecule has 2 heterocycles. The van der Waals surface area contributed by atoms with E-state index in [1.165, 1.54) is 0 Å². The summed E-state index contributed by atoms with van der Waals surface area (Å²) in [6.45, 7) is 4.52. The van der Waals surface area contributed by atoms with Crippen molar-refractivity contribution < 1.29 is 9.53 Å². The fraction of sp³-hybridized carbons (Fsp3) is 0.385. The fourth-order valence-electron chi connectivity index (χ4n) is 2.09. The van der Waals surface area contributed by atoms with Gasteiger partial charge in [0, 0.05) is 17.7 Å².